The van der Waals surface area contributed by atoms with Gasteiger partial charge in [0.05, 0.1) is 11.4 Å². The van der Waals surface area contributed by atoms with Crippen molar-refractivity contribution in [3.63, 3.8) is 0 Å². The number of nitrogen functional groups attached to an aromatic ring is 1. The quantitative estimate of drug-likeness (QED) is 0.339. The van der Waals surface area contributed by atoms with Gasteiger partial charge in [-0.1, -0.05) is 24.6 Å². The molecular weight excluding hydrogens is 510 g/mol. The lowest BCUT2D eigenvalue weighted by Crippen LogP contribution is -2.40. The Balaban J connectivity index is 1.40. The summed E-state index contributed by atoms with van der Waals surface area (Å²) >= 11 is 6.02. The van der Waals surface area contributed by atoms with Crippen molar-refractivity contribution >= 4 is 57.4 Å². The number of halogens is 1. The molecule has 12 nitrogen and oxygen atoms in total. The standard InChI is InChI=1S/C25H28ClN9O3/c1-3-33(2)10-5-7-19(36)34-11-4-6-16(13-34)35-23-20(22(27)28-14-29-23)21(32-35)24(37)31-25-30-17-12-15(26)8-9-18(17)38-25/h5,7-9,12,14,16H,3-4,6,10-11,13H2,1-2H3,(H2,27,28,29)(H,30,31,37). The Morgan fingerprint density at radius 3 is 3.00 bits per heavy atom. The number of aromatic nitrogens is 5. The number of carbonyl (C=O) groups excluding carboxylic acids is 2. The first kappa shape index (κ1) is 25.6. The number of rotatable bonds is 7. The third-order valence-corrected chi connectivity index (χ3v) is 6.81. The first-order valence-electron chi connectivity index (χ1n) is 12.3. The van der Waals surface area contributed by atoms with E-state index in [1.165, 1.54) is 6.33 Å². The molecule has 3 aromatic heterocycles. The lowest BCUT2D eigenvalue weighted by Gasteiger charge is -2.32. The number of hydrogen-bond acceptors (Lipinski definition) is 9. The van der Waals surface area contributed by atoms with Gasteiger partial charge in [-0.2, -0.15) is 10.1 Å². The van der Waals surface area contributed by atoms with E-state index in [0.717, 1.165) is 19.4 Å². The van der Waals surface area contributed by atoms with Gasteiger partial charge in [-0.15, -0.1) is 0 Å². The molecule has 1 unspecified atom stereocenters. The van der Waals surface area contributed by atoms with E-state index in [1.54, 1.807) is 33.9 Å². The zero-order valence-electron chi connectivity index (χ0n) is 21.1. The van der Waals surface area contributed by atoms with Crippen LogP contribution in [0.5, 0.6) is 0 Å². The Hall–Kier alpha value is -4.03. The molecule has 13 heteroatoms. The van der Waals surface area contributed by atoms with Crippen molar-refractivity contribution in [2.75, 3.05) is 44.3 Å². The van der Waals surface area contributed by atoms with Gasteiger partial charge >= 0.3 is 6.01 Å². The minimum absolute atomic E-state index is 0.000306. The number of oxazole rings is 1. The summed E-state index contributed by atoms with van der Waals surface area (Å²) in [5, 5.41) is 8.07. The van der Waals surface area contributed by atoms with Crippen LogP contribution in [0.25, 0.3) is 22.1 Å². The number of nitrogens with one attached hydrogen (secondary N) is 1. The van der Waals surface area contributed by atoms with Gasteiger partial charge in [-0.05, 0) is 44.6 Å². The van der Waals surface area contributed by atoms with Crippen LogP contribution in [0.3, 0.4) is 0 Å². The normalized spacial score (nSPS) is 16.2. The van der Waals surface area contributed by atoms with E-state index >= 15 is 0 Å². The first-order valence-corrected chi connectivity index (χ1v) is 12.7. The number of carbonyl (C=O) groups is 2. The highest BCUT2D eigenvalue weighted by Crippen LogP contribution is 2.29. The molecule has 1 atom stereocenters. The summed E-state index contributed by atoms with van der Waals surface area (Å²) in [6.45, 7) is 4.74. The van der Waals surface area contributed by atoms with Crippen LogP contribution in [-0.4, -0.2) is 79.6 Å². The molecule has 3 N–H and O–H groups in total. The van der Waals surface area contributed by atoms with Crippen LogP contribution in [-0.2, 0) is 4.79 Å². The maximum atomic E-state index is 13.3. The Labute approximate surface area is 223 Å². The molecule has 0 spiro atoms. The minimum Gasteiger partial charge on any atom is -0.423 e. The second-order valence-electron chi connectivity index (χ2n) is 9.17. The van der Waals surface area contributed by atoms with Gasteiger partial charge in [-0.25, -0.2) is 14.6 Å². The minimum atomic E-state index is -0.570. The topological polar surface area (TPSA) is 148 Å². The van der Waals surface area contributed by atoms with E-state index in [4.69, 9.17) is 21.8 Å². The second-order valence-corrected chi connectivity index (χ2v) is 9.61. The van der Waals surface area contributed by atoms with Crippen LogP contribution in [0.4, 0.5) is 11.8 Å². The number of nitrogens with two attached hydrogens (primary N) is 1. The number of likely N-dealkylation sites (N-methyl/N-ethyl adjacent to an activating group) is 1. The predicted molar refractivity (Wildman–Crippen MR) is 144 cm³/mol. The van der Waals surface area contributed by atoms with Gasteiger partial charge in [-0.3, -0.25) is 14.9 Å². The highest BCUT2D eigenvalue weighted by atomic mass is 35.5. The Morgan fingerprint density at radius 1 is 1.34 bits per heavy atom. The van der Waals surface area contributed by atoms with Crippen LogP contribution in [0.2, 0.25) is 5.02 Å². The van der Waals surface area contributed by atoms with Crippen molar-refractivity contribution in [3.05, 3.63) is 47.4 Å². The fourth-order valence-electron chi connectivity index (χ4n) is 4.44. The molecule has 1 aliphatic rings. The number of piperidine rings is 1. The highest BCUT2D eigenvalue weighted by molar-refractivity contribution is 6.31. The van der Waals surface area contributed by atoms with Crippen molar-refractivity contribution < 1.29 is 14.0 Å². The summed E-state index contributed by atoms with van der Waals surface area (Å²) in [4.78, 5) is 42.7. The summed E-state index contributed by atoms with van der Waals surface area (Å²) in [6.07, 6.45) is 6.37. The van der Waals surface area contributed by atoms with E-state index in [-0.39, 0.29) is 29.5 Å². The number of benzene rings is 1. The number of anilines is 2. The van der Waals surface area contributed by atoms with Gasteiger partial charge in [0.15, 0.2) is 16.9 Å². The zero-order valence-corrected chi connectivity index (χ0v) is 21.9. The summed E-state index contributed by atoms with van der Waals surface area (Å²) in [7, 11) is 2.00. The van der Waals surface area contributed by atoms with E-state index in [2.05, 4.69) is 37.2 Å². The molecule has 38 heavy (non-hydrogen) atoms. The first-order chi connectivity index (χ1) is 18.3. The maximum Gasteiger partial charge on any atom is 0.302 e. The van der Waals surface area contributed by atoms with Gasteiger partial charge in [0, 0.05) is 30.7 Å². The molecule has 1 aromatic carbocycles. The third-order valence-electron chi connectivity index (χ3n) is 6.57. The van der Waals surface area contributed by atoms with E-state index in [0.29, 0.717) is 46.8 Å². The lowest BCUT2D eigenvalue weighted by molar-refractivity contribution is -0.127. The van der Waals surface area contributed by atoms with Crippen molar-refractivity contribution in [1.82, 2.24) is 34.5 Å². The van der Waals surface area contributed by atoms with Crippen LogP contribution in [0.1, 0.15) is 36.3 Å². The van der Waals surface area contributed by atoms with Gasteiger partial charge in [0.2, 0.25) is 5.91 Å². The SMILES string of the molecule is CCN(C)CC=CC(=O)N1CCCC(n2nc(C(=O)Nc3nc4cc(Cl)ccc4o3)c3c(N)ncnc32)C1. The summed E-state index contributed by atoms with van der Waals surface area (Å²) in [5.74, 6) is -0.499. The van der Waals surface area contributed by atoms with Crippen molar-refractivity contribution in [2.24, 2.45) is 0 Å². The summed E-state index contributed by atoms with van der Waals surface area (Å²) in [5.41, 5.74) is 7.61. The zero-order chi connectivity index (χ0) is 26.8. The molecular formula is C25H28ClN9O3. The fourth-order valence-corrected chi connectivity index (χ4v) is 4.61. The van der Waals surface area contributed by atoms with Gasteiger partial charge < -0.3 is 20.0 Å². The Bertz CT molecular complexity index is 1530. The summed E-state index contributed by atoms with van der Waals surface area (Å²) in [6, 6.07) is 4.79. The van der Waals surface area contributed by atoms with E-state index in [9.17, 15) is 9.59 Å². The highest BCUT2D eigenvalue weighted by Gasteiger charge is 2.30. The molecule has 4 aromatic rings. The molecule has 1 aliphatic heterocycles. The number of nitrogens with zero attached hydrogens (tertiary/aromatic N) is 7. The average molecular weight is 538 g/mol. The second kappa shape index (κ2) is 10.8. The largest absolute Gasteiger partial charge is 0.423 e. The monoisotopic (exact) mass is 537 g/mol. The third kappa shape index (κ3) is 5.18. The summed E-state index contributed by atoms with van der Waals surface area (Å²) < 4.78 is 7.29. The Kier molecular flexibility index (Phi) is 7.25. The Morgan fingerprint density at radius 2 is 2.18 bits per heavy atom. The molecule has 5 rings (SSSR count). The molecule has 0 bridgehead atoms. The van der Waals surface area contributed by atoms with Crippen LogP contribution in [0.15, 0.2) is 41.1 Å². The van der Waals surface area contributed by atoms with Crippen LogP contribution < -0.4 is 11.1 Å². The van der Waals surface area contributed by atoms with Gasteiger partial charge in [0.1, 0.15) is 17.7 Å². The van der Waals surface area contributed by atoms with Crippen molar-refractivity contribution in [2.45, 2.75) is 25.8 Å². The molecule has 4 heterocycles. The van der Waals surface area contributed by atoms with Crippen molar-refractivity contribution in [1.29, 1.82) is 0 Å². The van der Waals surface area contributed by atoms with Gasteiger partial charge in [0.25, 0.3) is 5.91 Å². The average Bonchev–Trinajstić information content (AvgIpc) is 3.50. The predicted octanol–water partition coefficient (Wildman–Crippen LogP) is 3.13. The number of hydrogen-bond donors (Lipinski definition) is 2. The molecule has 0 radical (unpaired) electrons. The van der Waals surface area contributed by atoms with E-state index < -0.39 is 5.91 Å². The van der Waals surface area contributed by atoms with Crippen LogP contribution in [0, 0.1) is 0 Å². The number of likely N-dealkylation sites (tertiary alicyclic amines) is 1. The van der Waals surface area contributed by atoms with E-state index in [1.807, 2.05) is 13.1 Å². The molecule has 1 fully saturated rings. The van der Waals surface area contributed by atoms with Crippen molar-refractivity contribution in [3.8, 4) is 0 Å². The molecule has 0 saturated carbocycles. The molecule has 2 amide bonds. The number of fused-ring (bicyclic) bond motifs is 2. The van der Waals surface area contributed by atoms with Crippen LogP contribution >= 0.6 is 11.6 Å². The fraction of sp³-hybridized carbons (Fsp3) is 0.360. The molecule has 198 valence electrons. The molecule has 0 aliphatic carbocycles. The smallest absolute Gasteiger partial charge is 0.302 e. The number of amides is 2. The maximum absolute atomic E-state index is 13.3. The lowest BCUT2D eigenvalue weighted by atomic mass is 10.1. The molecule has 1 saturated heterocycles.